The van der Waals surface area contributed by atoms with Crippen LogP contribution >= 0.6 is 0 Å². The number of nitrogens with zero attached hydrogens (tertiary/aromatic N) is 4. The van der Waals surface area contributed by atoms with Crippen molar-refractivity contribution in [1.29, 1.82) is 0 Å². The number of likely N-dealkylation sites (tertiary alicyclic amines) is 1. The van der Waals surface area contributed by atoms with E-state index in [-0.39, 0.29) is 19.1 Å². The number of rotatable bonds is 2. The van der Waals surface area contributed by atoms with Crippen LogP contribution in [0.1, 0.15) is 6.42 Å². The van der Waals surface area contributed by atoms with Gasteiger partial charge in [0.25, 0.3) is 0 Å². The largest absolute Gasteiger partial charge is 0.465 e. The second kappa shape index (κ2) is 3.97. The Morgan fingerprint density at radius 3 is 3.00 bits per heavy atom. The zero-order chi connectivity index (χ0) is 9.84. The van der Waals surface area contributed by atoms with Gasteiger partial charge in [-0.15, -0.1) is 0 Å². The van der Waals surface area contributed by atoms with E-state index >= 15 is 0 Å². The summed E-state index contributed by atoms with van der Waals surface area (Å²) in [5, 5.41) is 21.1. The highest BCUT2D eigenvalue weighted by atomic mass is 16.4. The molecule has 0 spiro atoms. The minimum absolute atomic E-state index is 0.0832. The molecule has 0 aromatic rings. The molecule has 7 heteroatoms. The molecule has 0 aliphatic carbocycles. The Bertz CT molecular complexity index is 250. The number of azide groups is 1. The number of hydrogen-bond acceptors (Lipinski definition) is 3. The average molecular weight is 186 g/mol. The van der Waals surface area contributed by atoms with Crippen LogP contribution in [0.15, 0.2) is 5.11 Å². The predicted octanol–water partition coefficient (Wildman–Crippen LogP) is 0.410. The molecule has 1 amide bonds. The van der Waals surface area contributed by atoms with E-state index in [1.165, 1.54) is 0 Å². The summed E-state index contributed by atoms with van der Waals surface area (Å²) in [7, 11) is 0. The molecule has 1 rings (SSSR count). The smallest absolute Gasteiger partial charge is 0.407 e. The van der Waals surface area contributed by atoms with Crippen LogP contribution in [0.25, 0.3) is 10.4 Å². The van der Waals surface area contributed by atoms with Gasteiger partial charge in [-0.25, -0.2) is 4.79 Å². The summed E-state index contributed by atoms with van der Waals surface area (Å²) in [6, 6.07) is -0.386. The number of carboxylic acid groups (broad SMARTS) is 1. The molecule has 13 heavy (non-hydrogen) atoms. The standard InChI is InChI=1S/C6H10N4O3/c7-9-8-2-4-1-5(11)3-10(4)6(12)13/h4-5,11H,1-3H2,(H,12,13). The van der Waals surface area contributed by atoms with Gasteiger partial charge in [0, 0.05) is 17.5 Å². The number of aliphatic hydroxyl groups is 1. The Morgan fingerprint density at radius 2 is 2.46 bits per heavy atom. The molecule has 7 nitrogen and oxygen atoms in total. The summed E-state index contributed by atoms with van der Waals surface area (Å²) in [6.45, 7) is 0.181. The van der Waals surface area contributed by atoms with E-state index in [2.05, 4.69) is 10.0 Å². The molecule has 0 saturated carbocycles. The Hall–Kier alpha value is -1.46. The third-order valence-electron chi connectivity index (χ3n) is 1.99. The number of aliphatic hydroxyl groups excluding tert-OH is 1. The maximum Gasteiger partial charge on any atom is 0.407 e. The summed E-state index contributed by atoms with van der Waals surface area (Å²) in [4.78, 5) is 14.2. The van der Waals surface area contributed by atoms with Gasteiger partial charge in [-0.1, -0.05) is 5.11 Å². The van der Waals surface area contributed by atoms with Gasteiger partial charge in [0.05, 0.1) is 12.6 Å². The topological polar surface area (TPSA) is 110 Å². The zero-order valence-corrected chi connectivity index (χ0v) is 6.87. The first-order valence-electron chi connectivity index (χ1n) is 3.83. The van der Waals surface area contributed by atoms with Gasteiger partial charge >= 0.3 is 6.09 Å². The minimum Gasteiger partial charge on any atom is -0.465 e. The normalized spacial score (nSPS) is 27.0. The number of carbonyl (C=O) groups is 1. The molecule has 1 saturated heterocycles. The molecule has 1 fully saturated rings. The average Bonchev–Trinajstić information content (AvgIpc) is 2.43. The van der Waals surface area contributed by atoms with Crippen LogP contribution in [-0.2, 0) is 0 Å². The molecular weight excluding hydrogens is 176 g/mol. The van der Waals surface area contributed by atoms with Gasteiger partial charge in [-0.2, -0.15) is 0 Å². The van der Waals surface area contributed by atoms with Crippen LogP contribution < -0.4 is 0 Å². The summed E-state index contributed by atoms with van der Waals surface area (Å²) in [5.41, 5.74) is 8.05. The highest BCUT2D eigenvalue weighted by molar-refractivity contribution is 5.66. The van der Waals surface area contributed by atoms with Gasteiger partial charge in [0.1, 0.15) is 0 Å². The maximum atomic E-state index is 10.6. The van der Waals surface area contributed by atoms with Gasteiger partial charge in [0.2, 0.25) is 0 Å². The maximum absolute atomic E-state index is 10.6. The number of β-amino-alcohol motifs (C(OH)–C–C–N with tert-alkyl or cyclic N) is 1. The molecule has 2 N–H and O–H groups in total. The highest BCUT2D eigenvalue weighted by Crippen LogP contribution is 2.17. The molecule has 0 aromatic heterocycles. The summed E-state index contributed by atoms with van der Waals surface area (Å²) in [5.74, 6) is 0. The lowest BCUT2D eigenvalue weighted by Crippen LogP contribution is -2.36. The second-order valence-corrected chi connectivity index (χ2v) is 2.89. The molecule has 0 bridgehead atoms. The fourth-order valence-corrected chi connectivity index (χ4v) is 1.43. The van der Waals surface area contributed by atoms with Crippen molar-refractivity contribution in [2.45, 2.75) is 18.6 Å². The minimum atomic E-state index is -1.09. The molecule has 0 aromatic carbocycles. The highest BCUT2D eigenvalue weighted by Gasteiger charge is 2.33. The first kappa shape index (κ1) is 9.63. The van der Waals surface area contributed by atoms with Crippen LogP contribution in [0.5, 0.6) is 0 Å². The van der Waals surface area contributed by atoms with Crippen molar-refractivity contribution in [3.63, 3.8) is 0 Å². The van der Waals surface area contributed by atoms with Crippen LogP contribution in [0.2, 0.25) is 0 Å². The third-order valence-corrected chi connectivity index (χ3v) is 1.99. The molecule has 2 unspecified atom stereocenters. The Labute approximate surface area is 74.2 Å². The van der Waals surface area contributed by atoms with Gasteiger partial charge in [-0.3, -0.25) is 0 Å². The molecular formula is C6H10N4O3. The first-order chi connectivity index (χ1) is 6.15. The summed E-state index contributed by atoms with van der Waals surface area (Å²) in [6.07, 6.45) is -1.39. The molecule has 0 radical (unpaired) electrons. The van der Waals surface area contributed by atoms with Crippen molar-refractivity contribution >= 4 is 6.09 Å². The Balaban J connectivity index is 2.60. The van der Waals surface area contributed by atoms with Crippen LogP contribution in [0.3, 0.4) is 0 Å². The Kier molecular flexibility index (Phi) is 2.94. The van der Waals surface area contributed by atoms with E-state index in [0.717, 1.165) is 4.90 Å². The van der Waals surface area contributed by atoms with Crippen molar-refractivity contribution < 1.29 is 15.0 Å². The fraction of sp³-hybridized carbons (Fsp3) is 0.833. The molecule has 1 aliphatic rings. The van der Waals surface area contributed by atoms with E-state index in [1.54, 1.807) is 0 Å². The summed E-state index contributed by atoms with van der Waals surface area (Å²) < 4.78 is 0. The van der Waals surface area contributed by atoms with Crippen LogP contribution in [0, 0.1) is 0 Å². The van der Waals surface area contributed by atoms with Crippen molar-refractivity contribution in [3.05, 3.63) is 10.4 Å². The lowest BCUT2D eigenvalue weighted by atomic mass is 10.2. The number of hydrogen-bond donors (Lipinski definition) is 2. The van der Waals surface area contributed by atoms with Crippen molar-refractivity contribution in [2.24, 2.45) is 5.11 Å². The zero-order valence-electron chi connectivity index (χ0n) is 6.87. The predicted molar refractivity (Wildman–Crippen MR) is 43.2 cm³/mol. The quantitative estimate of drug-likeness (QED) is 0.370. The molecule has 2 atom stereocenters. The van der Waals surface area contributed by atoms with Crippen molar-refractivity contribution in [3.8, 4) is 0 Å². The number of amides is 1. The summed E-state index contributed by atoms with van der Waals surface area (Å²) >= 11 is 0. The van der Waals surface area contributed by atoms with Crippen LogP contribution in [-0.4, -0.2) is 46.4 Å². The second-order valence-electron chi connectivity index (χ2n) is 2.89. The molecule has 1 aliphatic heterocycles. The Morgan fingerprint density at radius 1 is 1.77 bits per heavy atom. The van der Waals surface area contributed by atoms with Crippen LogP contribution in [0.4, 0.5) is 4.79 Å². The van der Waals surface area contributed by atoms with Gasteiger partial charge < -0.3 is 15.1 Å². The van der Waals surface area contributed by atoms with E-state index in [0.29, 0.717) is 6.42 Å². The third kappa shape index (κ3) is 2.24. The molecule has 72 valence electrons. The van der Waals surface area contributed by atoms with Gasteiger partial charge in [-0.05, 0) is 12.0 Å². The van der Waals surface area contributed by atoms with E-state index in [9.17, 15) is 9.90 Å². The first-order valence-corrected chi connectivity index (χ1v) is 3.83. The van der Waals surface area contributed by atoms with Gasteiger partial charge in [0.15, 0.2) is 0 Å². The van der Waals surface area contributed by atoms with Crippen molar-refractivity contribution in [2.75, 3.05) is 13.1 Å². The SMILES string of the molecule is [N-]=[N+]=NCC1CC(O)CN1C(=O)O. The van der Waals surface area contributed by atoms with E-state index < -0.39 is 12.2 Å². The van der Waals surface area contributed by atoms with E-state index in [4.69, 9.17) is 10.6 Å². The molecule has 1 heterocycles. The fourth-order valence-electron chi connectivity index (χ4n) is 1.43. The monoisotopic (exact) mass is 186 g/mol. The lowest BCUT2D eigenvalue weighted by Gasteiger charge is -2.18. The van der Waals surface area contributed by atoms with E-state index in [1.807, 2.05) is 0 Å². The lowest BCUT2D eigenvalue weighted by molar-refractivity contribution is 0.132. The van der Waals surface area contributed by atoms with Crippen molar-refractivity contribution in [1.82, 2.24) is 4.90 Å².